The number of anilines is 1. The lowest BCUT2D eigenvalue weighted by Crippen LogP contribution is -2.04. The summed E-state index contributed by atoms with van der Waals surface area (Å²) in [6, 6.07) is 11.5. The first-order chi connectivity index (χ1) is 10.3. The van der Waals surface area contributed by atoms with Crippen molar-refractivity contribution in [2.45, 2.75) is 13.3 Å². The second-order valence-electron chi connectivity index (χ2n) is 4.61. The summed E-state index contributed by atoms with van der Waals surface area (Å²) < 4.78 is 5.78. The molecule has 0 fully saturated rings. The van der Waals surface area contributed by atoms with Crippen molar-refractivity contribution in [1.82, 2.24) is 15.0 Å². The Hall–Kier alpha value is -2.69. The first-order valence-corrected chi connectivity index (χ1v) is 6.95. The summed E-state index contributed by atoms with van der Waals surface area (Å²) in [5, 5.41) is 4.22. The van der Waals surface area contributed by atoms with E-state index in [1.54, 1.807) is 18.5 Å². The molecule has 3 aromatic rings. The number of aromatic nitrogens is 3. The van der Waals surface area contributed by atoms with Gasteiger partial charge >= 0.3 is 0 Å². The Labute approximate surface area is 123 Å². The molecule has 0 amide bonds. The van der Waals surface area contributed by atoms with E-state index >= 15 is 0 Å². The van der Waals surface area contributed by atoms with Crippen LogP contribution in [0.4, 0.5) is 5.95 Å². The van der Waals surface area contributed by atoms with E-state index in [2.05, 4.69) is 27.2 Å². The third-order valence-corrected chi connectivity index (χ3v) is 2.96. The lowest BCUT2D eigenvalue weighted by Gasteiger charge is -2.07. The smallest absolute Gasteiger partial charge is 0.225 e. The first kappa shape index (κ1) is 13.3. The number of hydrogen-bond donors (Lipinski definition) is 1. The van der Waals surface area contributed by atoms with Gasteiger partial charge in [-0.1, -0.05) is 13.0 Å². The van der Waals surface area contributed by atoms with Crippen LogP contribution in [0.3, 0.4) is 0 Å². The molecule has 0 aliphatic heterocycles. The summed E-state index contributed by atoms with van der Waals surface area (Å²) in [5.74, 6) is 1.80. The van der Waals surface area contributed by atoms with Crippen LogP contribution < -0.4 is 10.1 Å². The molecule has 0 radical (unpaired) electrons. The highest BCUT2D eigenvalue weighted by molar-refractivity contribution is 5.79. The molecule has 1 N–H and O–H groups in total. The second-order valence-corrected chi connectivity index (χ2v) is 4.61. The van der Waals surface area contributed by atoms with E-state index in [-0.39, 0.29) is 0 Å². The Kier molecular flexibility index (Phi) is 3.91. The summed E-state index contributed by atoms with van der Waals surface area (Å²) in [5.41, 5.74) is 0.897. The number of pyridine rings is 1. The van der Waals surface area contributed by atoms with Gasteiger partial charge in [-0.25, -0.2) is 4.98 Å². The Morgan fingerprint density at radius 3 is 2.95 bits per heavy atom. The fourth-order valence-corrected chi connectivity index (χ4v) is 1.95. The van der Waals surface area contributed by atoms with Crippen LogP contribution in [0.25, 0.3) is 10.9 Å². The molecule has 1 aromatic carbocycles. The Bertz CT molecular complexity index is 745. The number of hydrogen-bond acceptors (Lipinski definition) is 5. The van der Waals surface area contributed by atoms with Crippen molar-refractivity contribution >= 4 is 16.9 Å². The molecule has 5 heteroatoms. The quantitative estimate of drug-likeness (QED) is 0.773. The average molecular weight is 280 g/mol. The molecule has 21 heavy (non-hydrogen) atoms. The highest BCUT2D eigenvalue weighted by atomic mass is 16.5. The zero-order valence-electron chi connectivity index (χ0n) is 11.8. The van der Waals surface area contributed by atoms with Crippen LogP contribution in [0.15, 0.2) is 48.8 Å². The van der Waals surface area contributed by atoms with Gasteiger partial charge in [0.25, 0.3) is 0 Å². The molecule has 0 saturated carbocycles. The van der Waals surface area contributed by atoms with Gasteiger partial charge in [0.2, 0.25) is 11.8 Å². The summed E-state index contributed by atoms with van der Waals surface area (Å²) >= 11 is 0. The number of ether oxygens (including phenoxy) is 1. The SMILES string of the molecule is CCCNc1nccc(Oc2ccc3cccnc3c2)n1. The van der Waals surface area contributed by atoms with Crippen LogP contribution in [0.1, 0.15) is 13.3 Å². The van der Waals surface area contributed by atoms with Crippen LogP contribution in [0.5, 0.6) is 11.6 Å². The largest absolute Gasteiger partial charge is 0.439 e. The van der Waals surface area contributed by atoms with Gasteiger partial charge < -0.3 is 10.1 Å². The van der Waals surface area contributed by atoms with Crippen LogP contribution in [-0.4, -0.2) is 21.5 Å². The molecular formula is C16H16N4O. The average Bonchev–Trinajstić information content (AvgIpc) is 2.53. The molecule has 0 atom stereocenters. The molecular weight excluding hydrogens is 264 g/mol. The van der Waals surface area contributed by atoms with Crippen molar-refractivity contribution in [3.05, 3.63) is 48.8 Å². The van der Waals surface area contributed by atoms with Crippen molar-refractivity contribution in [1.29, 1.82) is 0 Å². The predicted molar refractivity (Wildman–Crippen MR) is 82.6 cm³/mol. The molecule has 0 spiro atoms. The van der Waals surface area contributed by atoms with Crippen molar-refractivity contribution in [3.63, 3.8) is 0 Å². The molecule has 106 valence electrons. The maximum Gasteiger partial charge on any atom is 0.225 e. The van der Waals surface area contributed by atoms with Crippen molar-refractivity contribution in [2.75, 3.05) is 11.9 Å². The third-order valence-electron chi connectivity index (χ3n) is 2.96. The lowest BCUT2D eigenvalue weighted by molar-refractivity contribution is 0.463. The standard InChI is InChI=1S/C16H16N4O/c1-2-8-18-16-19-10-7-15(20-16)21-13-6-5-12-4-3-9-17-14(12)11-13/h3-7,9-11H,2,8H2,1H3,(H,18,19,20). The van der Waals surface area contributed by atoms with Crippen LogP contribution in [0, 0.1) is 0 Å². The highest BCUT2D eigenvalue weighted by Gasteiger charge is 2.03. The fraction of sp³-hybridized carbons (Fsp3) is 0.188. The number of nitrogens with zero attached hydrogens (tertiary/aromatic N) is 3. The van der Waals surface area contributed by atoms with E-state index in [9.17, 15) is 0 Å². The lowest BCUT2D eigenvalue weighted by atomic mass is 10.2. The number of nitrogens with one attached hydrogen (secondary N) is 1. The van der Waals surface area contributed by atoms with Gasteiger partial charge in [0, 0.05) is 36.5 Å². The van der Waals surface area contributed by atoms with E-state index in [1.807, 2.05) is 30.3 Å². The van der Waals surface area contributed by atoms with Crippen molar-refractivity contribution in [3.8, 4) is 11.6 Å². The van der Waals surface area contributed by atoms with Gasteiger partial charge in [-0.05, 0) is 24.6 Å². The zero-order valence-corrected chi connectivity index (χ0v) is 11.8. The molecule has 2 heterocycles. The predicted octanol–water partition coefficient (Wildman–Crippen LogP) is 3.64. The molecule has 0 saturated heterocycles. The van der Waals surface area contributed by atoms with E-state index in [4.69, 9.17) is 4.74 Å². The minimum absolute atomic E-state index is 0.513. The Balaban J connectivity index is 1.81. The maximum atomic E-state index is 5.78. The molecule has 3 rings (SSSR count). The maximum absolute atomic E-state index is 5.78. The monoisotopic (exact) mass is 280 g/mol. The van der Waals surface area contributed by atoms with Crippen molar-refractivity contribution in [2.24, 2.45) is 0 Å². The van der Waals surface area contributed by atoms with E-state index < -0.39 is 0 Å². The van der Waals surface area contributed by atoms with Crippen molar-refractivity contribution < 1.29 is 4.74 Å². The Morgan fingerprint density at radius 2 is 2.05 bits per heavy atom. The number of benzene rings is 1. The molecule has 0 aliphatic carbocycles. The molecule has 0 bridgehead atoms. The van der Waals surface area contributed by atoms with E-state index in [0.717, 1.165) is 23.9 Å². The Morgan fingerprint density at radius 1 is 1.10 bits per heavy atom. The topological polar surface area (TPSA) is 59.9 Å². The van der Waals surface area contributed by atoms with Crippen LogP contribution in [-0.2, 0) is 0 Å². The first-order valence-electron chi connectivity index (χ1n) is 6.95. The summed E-state index contributed by atoms with van der Waals surface area (Å²) in [7, 11) is 0. The van der Waals surface area contributed by atoms with Gasteiger partial charge in [0.05, 0.1) is 5.52 Å². The minimum atomic E-state index is 0.513. The summed E-state index contributed by atoms with van der Waals surface area (Å²) in [4.78, 5) is 12.8. The molecule has 0 aliphatic rings. The normalized spacial score (nSPS) is 10.5. The fourth-order valence-electron chi connectivity index (χ4n) is 1.95. The number of rotatable bonds is 5. The molecule has 2 aromatic heterocycles. The van der Waals surface area contributed by atoms with Gasteiger partial charge in [0.15, 0.2) is 0 Å². The second kappa shape index (κ2) is 6.17. The molecule has 0 unspecified atom stereocenters. The molecule has 5 nitrogen and oxygen atoms in total. The van der Waals surface area contributed by atoms with Gasteiger partial charge in [-0.3, -0.25) is 4.98 Å². The van der Waals surface area contributed by atoms with Crippen LogP contribution in [0.2, 0.25) is 0 Å². The van der Waals surface area contributed by atoms with Gasteiger partial charge in [-0.15, -0.1) is 0 Å². The van der Waals surface area contributed by atoms with E-state index in [0.29, 0.717) is 17.6 Å². The van der Waals surface area contributed by atoms with E-state index in [1.165, 1.54) is 0 Å². The number of fused-ring (bicyclic) bond motifs is 1. The van der Waals surface area contributed by atoms with Gasteiger partial charge in [0.1, 0.15) is 5.75 Å². The summed E-state index contributed by atoms with van der Waals surface area (Å²) in [6.45, 7) is 2.93. The third kappa shape index (κ3) is 3.25. The highest BCUT2D eigenvalue weighted by Crippen LogP contribution is 2.23. The van der Waals surface area contributed by atoms with Gasteiger partial charge in [-0.2, -0.15) is 4.98 Å². The zero-order chi connectivity index (χ0) is 14.5. The minimum Gasteiger partial charge on any atom is -0.439 e. The van der Waals surface area contributed by atoms with Crippen LogP contribution >= 0.6 is 0 Å². The summed E-state index contributed by atoms with van der Waals surface area (Å²) in [6.07, 6.45) is 4.47.